The van der Waals surface area contributed by atoms with Gasteiger partial charge in [-0.3, -0.25) is 9.78 Å². The number of anilines is 1. The molecule has 0 aromatic carbocycles. The highest BCUT2D eigenvalue weighted by Crippen LogP contribution is 2.19. The van der Waals surface area contributed by atoms with E-state index in [1.54, 1.807) is 24.0 Å². The second-order valence-corrected chi connectivity index (χ2v) is 6.22. The van der Waals surface area contributed by atoms with Crippen molar-refractivity contribution >= 4 is 11.7 Å². The number of hydrogen-bond acceptors (Lipinski definition) is 4. The predicted molar refractivity (Wildman–Crippen MR) is 99.3 cm³/mol. The highest BCUT2D eigenvalue weighted by Gasteiger charge is 2.07. The molecule has 2 aromatic rings. The number of hydrogen-bond donors (Lipinski definition) is 2. The van der Waals surface area contributed by atoms with Crippen molar-refractivity contribution in [2.24, 2.45) is 0 Å². The van der Waals surface area contributed by atoms with Crippen molar-refractivity contribution in [3.63, 3.8) is 0 Å². The summed E-state index contributed by atoms with van der Waals surface area (Å²) in [6.45, 7) is 1.29. The Hall–Kier alpha value is -2.69. The minimum atomic E-state index is -0.142. The average molecular weight is 336 g/mol. The molecule has 1 aliphatic rings. The van der Waals surface area contributed by atoms with Gasteiger partial charge in [0.15, 0.2) is 0 Å². The lowest BCUT2D eigenvalue weighted by atomic mass is 9.97. The number of nitrogens with zero attached hydrogens (tertiary/aromatic N) is 2. The summed E-state index contributed by atoms with van der Waals surface area (Å²) in [6.07, 6.45) is 11.8. The van der Waals surface area contributed by atoms with Crippen molar-refractivity contribution in [2.75, 3.05) is 11.9 Å². The monoisotopic (exact) mass is 336 g/mol. The van der Waals surface area contributed by atoms with E-state index in [1.807, 2.05) is 24.3 Å². The van der Waals surface area contributed by atoms with Crippen LogP contribution in [0.5, 0.6) is 0 Å². The van der Waals surface area contributed by atoms with Crippen LogP contribution in [-0.2, 0) is 6.54 Å². The second-order valence-electron chi connectivity index (χ2n) is 6.22. The maximum atomic E-state index is 12.1. The van der Waals surface area contributed by atoms with Gasteiger partial charge in [-0.25, -0.2) is 4.98 Å². The topological polar surface area (TPSA) is 66.9 Å². The molecule has 0 bridgehead atoms. The molecule has 0 atom stereocenters. The van der Waals surface area contributed by atoms with Crippen LogP contribution in [0.25, 0.3) is 0 Å². The molecule has 0 saturated carbocycles. The Morgan fingerprint density at radius 3 is 2.80 bits per heavy atom. The van der Waals surface area contributed by atoms with Crippen LogP contribution in [0.3, 0.4) is 0 Å². The van der Waals surface area contributed by atoms with Crippen LogP contribution in [-0.4, -0.2) is 22.4 Å². The van der Waals surface area contributed by atoms with E-state index in [4.69, 9.17) is 0 Å². The molecule has 3 rings (SSSR count). The fourth-order valence-electron chi connectivity index (χ4n) is 2.89. The number of carbonyl (C=O) groups is 1. The molecule has 0 spiro atoms. The van der Waals surface area contributed by atoms with Gasteiger partial charge in [-0.1, -0.05) is 17.7 Å². The fourth-order valence-corrected chi connectivity index (χ4v) is 2.89. The van der Waals surface area contributed by atoms with Gasteiger partial charge in [0.2, 0.25) is 0 Å². The van der Waals surface area contributed by atoms with Crippen molar-refractivity contribution in [3.05, 3.63) is 65.6 Å². The first-order chi connectivity index (χ1) is 12.3. The predicted octanol–water partition coefficient (Wildman–Crippen LogP) is 3.71. The molecular weight excluding hydrogens is 312 g/mol. The highest BCUT2D eigenvalue weighted by atomic mass is 16.1. The lowest BCUT2D eigenvalue weighted by Crippen LogP contribution is -2.23. The summed E-state index contributed by atoms with van der Waals surface area (Å²) in [5, 5.41) is 6.17. The molecule has 2 N–H and O–H groups in total. The van der Waals surface area contributed by atoms with Gasteiger partial charge in [0.1, 0.15) is 5.82 Å². The first-order valence-electron chi connectivity index (χ1n) is 8.87. The van der Waals surface area contributed by atoms with Gasteiger partial charge in [-0.05, 0) is 56.4 Å². The van der Waals surface area contributed by atoms with Gasteiger partial charge >= 0.3 is 0 Å². The Labute approximate surface area is 148 Å². The molecule has 2 aromatic heterocycles. The zero-order valence-electron chi connectivity index (χ0n) is 14.4. The number of carbonyl (C=O) groups excluding carboxylic acids is 1. The van der Waals surface area contributed by atoms with E-state index < -0.39 is 0 Å². The quantitative estimate of drug-likeness (QED) is 0.757. The molecule has 0 unspecified atom stereocenters. The third-order valence-corrected chi connectivity index (χ3v) is 4.32. The molecule has 0 radical (unpaired) electrons. The molecule has 5 heteroatoms. The molecule has 130 valence electrons. The molecule has 1 aliphatic carbocycles. The lowest BCUT2D eigenvalue weighted by Gasteiger charge is -2.13. The molecule has 0 saturated heterocycles. The van der Waals surface area contributed by atoms with Crippen LogP contribution in [0.4, 0.5) is 5.82 Å². The number of pyridine rings is 2. The van der Waals surface area contributed by atoms with Crippen molar-refractivity contribution in [3.8, 4) is 0 Å². The standard InChI is InChI=1S/C20H24N4O/c25-20(24-15-18-8-4-5-12-21-18)17-9-10-19(23-14-17)22-13-11-16-6-2-1-3-7-16/h4-6,8-10,12,14H,1-3,7,11,13,15H2,(H,22,23)(H,24,25). The van der Waals surface area contributed by atoms with E-state index in [0.29, 0.717) is 12.1 Å². The number of rotatable bonds is 7. The minimum absolute atomic E-state index is 0.142. The Morgan fingerprint density at radius 2 is 2.08 bits per heavy atom. The van der Waals surface area contributed by atoms with Crippen LogP contribution in [0.15, 0.2) is 54.4 Å². The molecule has 5 nitrogen and oxygen atoms in total. The Morgan fingerprint density at radius 1 is 1.12 bits per heavy atom. The SMILES string of the molecule is O=C(NCc1ccccn1)c1ccc(NCCC2=CCCCC2)nc1. The molecule has 1 amide bonds. The van der Waals surface area contributed by atoms with Gasteiger partial charge in [-0.2, -0.15) is 0 Å². The van der Waals surface area contributed by atoms with E-state index in [2.05, 4.69) is 26.7 Å². The fraction of sp³-hybridized carbons (Fsp3) is 0.350. The molecule has 0 aliphatic heterocycles. The minimum Gasteiger partial charge on any atom is -0.370 e. The van der Waals surface area contributed by atoms with E-state index in [-0.39, 0.29) is 5.91 Å². The van der Waals surface area contributed by atoms with Gasteiger partial charge in [0, 0.05) is 18.9 Å². The largest absolute Gasteiger partial charge is 0.370 e. The summed E-state index contributed by atoms with van der Waals surface area (Å²) < 4.78 is 0. The summed E-state index contributed by atoms with van der Waals surface area (Å²) in [4.78, 5) is 20.7. The van der Waals surface area contributed by atoms with Gasteiger partial charge < -0.3 is 10.6 Å². The summed E-state index contributed by atoms with van der Waals surface area (Å²) >= 11 is 0. The van der Waals surface area contributed by atoms with Crippen molar-refractivity contribution in [1.29, 1.82) is 0 Å². The number of allylic oxidation sites excluding steroid dienone is 1. The first-order valence-corrected chi connectivity index (χ1v) is 8.87. The molecule has 25 heavy (non-hydrogen) atoms. The average Bonchev–Trinajstić information content (AvgIpc) is 2.68. The summed E-state index contributed by atoms with van der Waals surface area (Å²) in [5.41, 5.74) is 2.93. The highest BCUT2D eigenvalue weighted by molar-refractivity contribution is 5.93. The smallest absolute Gasteiger partial charge is 0.253 e. The van der Waals surface area contributed by atoms with Gasteiger partial charge in [-0.15, -0.1) is 0 Å². The summed E-state index contributed by atoms with van der Waals surface area (Å²) in [5.74, 6) is 0.662. The Bertz CT molecular complexity index is 710. The van der Waals surface area contributed by atoms with Crippen molar-refractivity contribution in [2.45, 2.75) is 38.6 Å². The normalized spacial score (nSPS) is 13.8. The van der Waals surface area contributed by atoms with E-state index >= 15 is 0 Å². The van der Waals surface area contributed by atoms with Crippen LogP contribution in [0.2, 0.25) is 0 Å². The second kappa shape index (κ2) is 8.97. The van der Waals surface area contributed by atoms with E-state index in [0.717, 1.165) is 24.5 Å². The number of nitrogens with one attached hydrogen (secondary N) is 2. The van der Waals surface area contributed by atoms with Crippen LogP contribution in [0.1, 0.15) is 48.2 Å². The molecule has 2 heterocycles. The van der Waals surface area contributed by atoms with Crippen molar-refractivity contribution < 1.29 is 4.79 Å². The third-order valence-electron chi connectivity index (χ3n) is 4.32. The number of amides is 1. The summed E-state index contributed by atoms with van der Waals surface area (Å²) in [6, 6.07) is 9.28. The van der Waals surface area contributed by atoms with Crippen LogP contribution in [0, 0.1) is 0 Å². The third kappa shape index (κ3) is 5.41. The van der Waals surface area contributed by atoms with E-state index in [9.17, 15) is 4.79 Å². The van der Waals surface area contributed by atoms with E-state index in [1.165, 1.54) is 25.7 Å². The molecular formula is C20H24N4O. The number of aromatic nitrogens is 2. The maximum absolute atomic E-state index is 12.1. The van der Waals surface area contributed by atoms with Crippen LogP contribution < -0.4 is 10.6 Å². The zero-order chi connectivity index (χ0) is 17.3. The van der Waals surface area contributed by atoms with Gasteiger partial charge in [0.05, 0.1) is 17.8 Å². The first kappa shape index (κ1) is 17.1. The summed E-state index contributed by atoms with van der Waals surface area (Å²) in [7, 11) is 0. The van der Waals surface area contributed by atoms with Crippen molar-refractivity contribution in [1.82, 2.24) is 15.3 Å². The van der Waals surface area contributed by atoms with Gasteiger partial charge in [0.25, 0.3) is 5.91 Å². The van der Waals surface area contributed by atoms with Crippen LogP contribution >= 0.6 is 0 Å². The Kier molecular flexibility index (Phi) is 6.15. The zero-order valence-corrected chi connectivity index (χ0v) is 14.4. The maximum Gasteiger partial charge on any atom is 0.253 e. The Balaban J connectivity index is 1.44. The molecule has 0 fully saturated rings. The lowest BCUT2D eigenvalue weighted by molar-refractivity contribution is 0.0950.